The average molecular weight is 224 g/mol. The summed E-state index contributed by atoms with van der Waals surface area (Å²) in [4.78, 5) is 4.20. The Morgan fingerprint density at radius 2 is 1.86 bits per heavy atom. The quantitative estimate of drug-likeness (QED) is 0.711. The first kappa shape index (κ1) is 9.50. The number of aromatic nitrogens is 1. The molecule has 14 heavy (non-hydrogen) atoms. The lowest BCUT2D eigenvalue weighted by Crippen LogP contribution is -1.83. The second-order valence-corrected chi connectivity index (χ2v) is 3.69. The molecule has 0 aliphatic heterocycles. The van der Waals surface area contributed by atoms with Crippen LogP contribution in [0.2, 0.25) is 10.0 Å². The fraction of sp³-hybridized carbons (Fsp3) is 0. The number of rotatable bonds is 1. The van der Waals surface area contributed by atoms with Crippen molar-refractivity contribution in [1.82, 2.24) is 4.98 Å². The third-order valence-electron chi connectivity index (χ3n) is 1.86. The van der Waals surface area contributed by atoms with E-state index < -0.39 is 0 Å². The molecule has 0 amide bonds. The van der Waals surface area contributed by atoms with Gasteiger partial charge < -0.3 is 0 Å². The summed E-state index contributed by atoms with van der Waals surface area (Å²) in [5.74, 6) is 0. The van der Waals surface area contributed by atoms with Crippen molar-refractivity contribution in [2.75, 3.05) is 0 Å². The Hall–Kier alpha value is -1.05. The minimum absolute atomic E-state index is 0.634. The minimum Gasteiger partial charge on any atom is -0.255 e. The van der Waals surface area contributed by atoms with Gasteiger partial charge in [0.15, 0.2) is 0 Å². The van der Waals surface area contributed by atoms with Gasteiger partial charge in [0.1, 0.15) is 0 Å². The summed E-state index contributed by atoms with van der Waals surface area (Å²) in [6.45, 7) is 0. The number of pyridine rings is 1. The van der Waals surface area contributed by atoms with Crippen LogP contribution < -0.4 is 0 Å². The van der Waals surface area contributed by atoms with E-state index >= 15 is 0 Å². The van der Waals surface area contributed by atoms with Crippen molar-refractivity contribution in [3.63, 3.8) is 0 Å². The van der Waals surface area contributed by atoms with Crippen LogP contribution in [-0.4, -0.2) is 4.98 Å². The van der Waals surface area contributed by atoms with Gasteiger partial charge in [0, 0.05) is 16.8 Å². The van der Waals surface area contributed by atoms with Crippen molar-refractivity contribution in [2.24, 2.45) is 0 Å². The number of hydrogen-bond acceptors (Lipinski definition) is 1. The molecule has 0 unspecified atom stereocenters. The van der Waals surface area contributed by atoms with Crippen LogP contribution >= 0.6 is 23.2 Å². The van der Waals surface area contributed by atoms with Gasteiger partial charge in [-0.1, -0.05) is 35.3 Å². The molecule has 0 aliphatic rings. The predicted molar refractivity (Wildman–Crippen MR) is 59.7 cm³/mol. The van der Waals surface area contributed by atoms with E-state index in [1.165, 1.54) is 0 Å². The van der Waals surface area contributed by atoms with Crippen molar-refractivity contribution in [3.8, 4) is 11.3 Å². The van der Waals surface area contributed by atoms with E-state index in [4.69, 9.17) is 23.2 Å². The minimum atomic E-state index is 0.634. The summed E-state index contributed by atoms with van der Waals surface area (Å²) in [5, 5.41) is 1.32. The molecule has 1 aromatic heterocycles. The molecular weight excluding hydrogens is 217 g/mol. The third-order valence-corrected chi connectivity index (χ3v) is 2.40. The van der Waals surface area contributed by atoms with Crippen LogP contribution in [-0.2, 0) is 0 Å². The van der Waals surface area contributed by atoms with E-state index in [0.29, 0.717) is 10.0 Å². The topological polar surface area (TPSA) is 12.9 Å². The van der Waals surface area contributed by atoms with E-state index in [2.05, 4.69) is 4.98 Å². The van der Waals surface area contributed by atoms with E-state index in [9.17, 15) is 0 Å². The first-order valence-electron chi connectivity index (χ1n) is 4.14. The Labute approximate surface area is 92.3 Å². The Balaban J connectivity index is 2.55. The second-order valence-electron chi connectivity index (χ2n) is 2.84. The summed E-state index contributed by atoms with van der Waals surface area (Å²) in [6.07, 6.45) is 1.71. The van der Waals surface area contributed by atoms with Gasteiger partial charge in [-0.15, -0.1) is 0 Å². The number of nitrogens with zero attached hydrogens (tertiary/aromatic N) is 1. The molecule has 0 atom stereocenters. The predicted octanol–water partition coefficient (Wildman–Crippen LogP) is 4.06. The SMILES string of the molecule is Clc1cccc(-c2ncccc2Cl)c1. The zero-order valence-corrected chi connectivity index (χ0v) is 8.76. The zero-order chi connectivity index (χ0) is 9.97. The molecule has 2 aromatic rings. The Bertz CT molecular complexity index is 455. The maximum absolute atomic E-state index is 6.01. The van der Waals surface area contributed by atoms with Gasteiger partial charge >= 0.3 is 0 Å². The number of hydrogen-bond donors (Lipinski definition) is 0. The molecule has 0 bridgehead atoms. The van der Waals surface area contributed by atoms with Crippen LogP contribution in [0.25, 0.3) is 11.3 Å². The largest absolute Gasteiger partial charge is 0.255 e. The molecule has 1 nitrogen and oxygen atoms in total. The molecule has 2 rings (SSSR count). The normalized spacial score (nSPS) is 10.1. The van der Waals surface area contributed by atoms with Crippen LogP contribution in [0.4, 0.5) is 0 Å². The monoisotopic (exact) mass is 223 g/mol. The first-order chi connectivity index (χ1) is 6.77. The summed E-state index contributed by atoms with van der Waals surface area (Å²) in [7, 11) is 0. The van der Waals surface area contributed by atoms with Crippen molar-refractivity contribution >= 4 is 23.2 Å². The van der Waals surface area contributed by atoms with Gasteiger partial charge in [-0.05, 0) is 24.3 Å². The van der Waals surface area contributed by atoms with Gasteiger partial charge in [-0.2, -0.15) is 0 Å². The Morgan fingerprint density at radius 1 is 1.00 bits per heavy atom. The molecule has 1 heterocycles. The van der Waals surface area contributed by atoms with Crippen LogP contribution in [0, 0.1) is 0 Å². The van der Waals surface area contributed by atoms with E-state index in [0.717, 1.165) is 11.3 Å². The van der Waals surface area contributed by atoms with Gasteiger partial charge in [0.2, 0.25) is 0 Å². The lowest BCUT2D eigenvalue weighted by atomic mass is 10.1. The third kappa shape index (κ3) is 1.89. The lowest BCUT2D eigenvalue weighted by Gasteiger charge is -2.02. The van der Waals surface area contributed by atoms with Gasteiger partial charge in [-0.25, -0.2) is 0 Å². The number of halogens is 2. The van der Waals surface area contributed by atoms with Gasteiger partial charge in [0.05, 0.1) is 10.7 Å². The lowest BCUT2D eigenvalue weighted by molar-refractivity contribution is 1.33. The molecular formula is C11H7Cl2N. The highest BCUT2D eigenvalue weighted by atomic mass is 35.5. The van der Waals surface area contributed by atoms with E-state index in [1.54, 1.807) is 12.3 Å². The molecule has 0 N–H and O–H groups in total. The standard InChI is InChI=1S/C11H7Cl2N/c12-9-4-1-3-8(7-9)11-10(13)5-2-6-14-11/h1-7H. The Kier molecular flexibility index (Phi) is 2.71. The Morgan fingerprint density at radius 3 is 2.57 bits per heavy atom. The highest BCUT2D eigenvalue weighted by Gasteiger charge is 2.03. The average Bonchev–Trinajstić information content (AvgIpc) is 2.18. The van der Waals surface area contributed by atoms with Crippen LogP contribution in [0.1, 0.15) is 0 Å². The fourth-order valence-electron chi connectivity index (χ4n) is 1.23. The fourth-order valence-corrected chi connectivity index (χ4v) is 1.65. The van der Waals surface area contributed by atoms with E-state index in [1.807, 2.05) is 30.3 Å². The van der Waals surface area contributed by atoms with Crippen molar-refractivity contribution in [1.29, 1.82) is 0 Å². The molecule has 1 aromatic carbocycles. The van der Waals surface area contributed by atoms with Gasteiger partial charge in [0.25, 0.3) is 0 Å². The summed E-state index contributed by atoms with van der Waals surface area (Å²) in [6, 6.07) is 11.1. The van der Waals surface area contributed by atoms with Crippen molar-refractivity contribution < 1.29 is 0 Å². The zero-order valence-electron chi connectivity index (χ0n) is 7.24. The van der Waals surface area contributed by atoms with Crippen molar-refractivity contribution in [3.05, 3.63) is 52.6 Å². The van der Waals surface area contributed by atoms with Gasteiger partial charge in [-0.3, -0.25) is 4.98 Å². The summed E-state index contributed by atoms with van der Waals surface area (Å²) >= 11 is 11.9. The maximum Gasteiger partial charge on any atom is 0.0888 e. The molecule has 3 heteroatoms. The summed E-state index contributed by atoms with van der Waals surface area (Å²) < 4.78 is 0. The summed E-state index contributed by atoms with van der Waals surface area (Å²) in [5.41, 5.74) is 1.69. The van der Waals surface area contributed by atoms with Crippen molar-refractivity contribution in [2.45, 2.75) is 0 Å². The maximum atomic E-state index is 6.01. The molecule has 0 fully saturated rings. The van der Waals surface area contributed by atoms with Crippen LogP contribution in [0.15, 0.2) is 42.6 Å². The second kappa shape index (κ2) is 3.99. The smallest absolute Gasteiger partial charge is 0.0888 e. The molecule has 0 radical (unpaired) electrons. The molecule has 0 saturated carbocycles. The highest BCUT2D eigenvalue weighted by Crippen LogP contribution is 2.26. The van der Waals surface area contributed by atoms with E-state index in [-0.39, 0.29) is 0 Å². The van der Waals surface area contributed by atoms with Crippen LogP contribution in [0.3, 0.4) is 0 Å². The molecule has 70 valence electrons. The molecule has 0 spiro atoms. The number of benzene rings is 1. The molecule has 0 saturated heterocycles. The van der Waals surface area contributed by atoms with Crippen LogP contribution in [0.5, 0.6) is 0 Å². The molecule has 0 aliphatic carbocycles. The highest BCUT2D eigenvalue weighted by molar-refractivity contribution is 6.33. The first-order valence-corrected chi connectivity index (χ1v) is 4.89.